The highest BCUT2D eigenvalue weighted by atomic mass is 16.7. The minimum Gasteiger partial charge on any atom is -0.399 e. The van der Waals surface area contributed by atoms with Crippen LogP contribution in [0, 0.1) is 0 Å². The summed E-state index contributed by atoms with van der Waals surface area (Å²) in [7, 11) is -0.462. The van der Waals surface area contributed by atoms with E-state index in [1.807, 2.05) is 27.7 Å². The number of carbonyl (C=O) groups is 1. The molecule has 1 aliphatic heterocycles. The van der Waals surface area contributed by atoms with Gasteiger partial charge in [-0.3, -0.25) is 9.78 Å². The van der Waals surface area contributed by atoms with Gasteiger partial charge in [-0.25, -0.2) is 0 Å². The molecule has 0 saturated carbocycles. The highest BCUT2D eigenvalue weighted by molar-refractivity contribution is 6.62. The van der Waals surface area contributed by atoms with Crippen molar-refractivity contribution >= 4 is 24.7 Å². The lowest BCUT2D eigenvalue weighted by molar-refractivity contribution is -0.105. The summed E-state index contributed by atoms with van der Waals surface area (Å²) < 4.78 is 11.8. The number of nitrogens with one attached hydrogen (secondary N) is 1. The average molecular weight is 248 g/mol. The molecule has 1 saturated heterocycles. The van der Waals surface area contributed by atoms with Crippen molar-refractivity contribution in [2.45, 2.75) is 38.9 Å². The molecule has 1 N–H and O–H groups in total. The van der Waals surface area contributed by atoms with Crippen molar-refractivity contribution in [2.24, 2.45) is 0 Å². The van der Waals surface area contributed by atoms with Gasteiger partial charge in [0.25, 0.3) is 0 Å². The maximum Gasteiger partial charge on any atom is 0.496 e. The van der Waals surface area contributed by atoms with E-state index in [1.54, 1.807) is 18.5 Å². The highest BCUT2D eigenvalue weighted by Crippen LogP contribution is 2.36. The van der Waals surface area contributed by atoms with Gasteiger partial charge in [0.2, 0.25) is 6.41 Å². The fourth-order valence-corrected chi connectivity index (χ4v) is 1.71. The second kappa shape index (κ2) is 4.37. The average Bonchev–Trinajstić information content (AvgIpc) is 2.49. The Hall–Kier alpha value is -1.40. The van der Waals surface area contributed by atoms with E-state index in [0.717, 1.165) is 5.46 Å². The molecule has 0 aromatic carbocycles. The van der Waals surface area contributed by atoms with Gasteiger partial charge < -0.3 is 14.6 Å². The molecule has 1 amide bonds. The largest absolute Gasteiger partial charge is 0.496 e. The molecule has 96 valence electrons. The zero-order chi connectivity index (χ0) is 13.4. The number of hydrogen-bond acceptors (Lipinski definition) is 4. The molecular formula is C12H17BN2O3. The van der Waals surface area contributed by atoms with E-state index in [4.69, 9.17) is 9.31 Å². The van der Waals surface area contributed by atoms with Crippen molar-refractivity contribution in [3.63, 3.8) is 0 Å². The van der Waals surface area contributed by atoms with Crippen LogP contribution in [-0.4, -0.2) is 29.7 Å². The summed E-state index contributed by atoms with van der Waals surface area (Å²) in [5.74, 6) is 0. The minimum absolute atomic E-state index is 0.383. The van der Waals surface area contributed by atoms with Gasteiger partial charge in [0, 0.05) is 11.7 Å². The van der Waals surface area contributed by atoms with Gasteiger partial charge in [0.1, 0.15) is 0 Å². The summed E-state index contributed by atoms with van der Waals surface area (Å²) in [5, 5.41) is 2.56. The summed E-state index contributed by atoms with van der Waals surface area (Å²) in [6.45, 7) is 7.98. The van der Waals surface area contributed by atoms with Gasteiger partial charge >= 0.3 is 7.12 Å². The third-order valence-electron chi connectivity index (χ3n) is 3.51. The standard InChI is InChI=1S/C12H17BN2O3/c1-11(2)12(3,4)18-13(17-11)9-5-10(15-8-16)7-14-6-9/h5-8H,1-4H3,(H,15,16). The van der Waals surface area contributed by atoms with Gasteiger partial charge in [-0.2, -0.15) is 0 Å². The fraction of sp³-hybridized carbons (Fsp3) is 0.500. The Bertz CT molecular complexity index is 446. The Labute approximate surface area is 107 Å². The van der Waals surface area contributed by atoms with Crippen molar-refractivity contribution in [1.29, 1.82) is 0 Å². The van der Waals surface area contributed by atoms with E-state index in [0.29, 0.717) is 12.1 Å². The van der Waals surface area contributed by atoms with Crippen LogP contribution in [0.4, 0.5) is 5.69 Å². The van der Waals surface area contributed by atoms with E-state index in [-0.39, 0.29) is 11.2 Å². The molecule has 2 rings (SSSR count). The zero-order valence-corrected chi connectivity index (χ0v) is 11.1. The van der Waals surface area contributed by atoms with E-state index in [2.05, 4.69) is 10.3 Å². The number of nitrogens with zero attached hydrogens (tertiary/aromatic N) is 1. The lowest BCUT2D eigenvalue weighted by Gasteiger charge is -2.32. The topological polar surface area (TPSA) is 60.5 Å². The molecule has 1 aromatic rings. The maximum absolute atomic E-state index is 10.4. The minimum atomic E-state index is -0.462. The van der Waals surface area contributed by atoms with Crippen LogP contribution in [0.3, 0.4) is 0 Å². The second-order valence-electron chi connectivity index (χ2n) is 5.36. The first-order chi connectivity index (χ1) is 8.36. The number of aromatic nitrogens is 1. The molecule has 6 heteroatoms. The van der Waals surface area contributed by atoms with Crippen LogP contribution in [0.25, 0.3) is 0 Å². The molecule has 0 bridgehead atoms. The van der Waals surface area contributed by atoms with Crippen LogP contribution in [0.5, 0.6) is 0 Å². The first kappa shape index (κ1) is 13.0. The van der Waals surface area contributed by atoms with Crippen molar-refractivity contribution in [3.05, 3.63) is 18.5 Å². The van der Waals surface area contributed by atoms with Crippen molar-refractivity contribution < 1.29 is 14.1 Å². The van der Waals surface area contributed by atoms with Crippen LogP contribution in [0.2, 0.25) is 0 Å². The maximum atomic E-state index is 10.4. The van der Waals surface area contributed by atoms with Gasteiger partial charge in [-0.1, -0.05) is 0 Å². The lowest BCUT2D eigenvalue weighted by Crippen LogP contribution is -2.41. The number of amides is 1. The second-order valence-corrected chi connectivity index (χ2v) is 5.36. The third-order valence-corrected chi connectivity index (χ3v) is 3.51. The van der Waals surface area contributed by atoms with Crippen molar-refractivity contribution in [1.82, 2.24) is 4.98 Å². The number of rotatable bonds is 3. The van der Waals surface area contributed by atoms with Gasteiger partial charge in [0.15, 0.2) is 0 Å². The molecule has 5 nitrogen and oxygen atoms in total. The van der Waals surface area contributed by atoms with E-state index >= 15 is 0 Å². The van der Waals surface area contributed by atoms with Gasteiger partial charge in [-0.15, -0.1) is 0 Å². The quantitative estimate of drug-likeness (QED) is 0.639. The lowest BCUT2D eigenvalue weighted by atomic mass is 9.80. The zero-order valence-electron chi connectivity index (χ0n) is 11.1. The van der Waals surface area contributed by atoms with Crippen molar-refractivity contribution in [2.75, 3.05) is 5.32 Å². The molecule has 1 aromatic heterocycles. The molecule has 18 heavy (non-hydrogen) atoms. The number of anilines is 1. The van der Waals surface area contributed by atoms with Gasteiger partial charge in [-0.05, 0) is 33.8 Å². The molecule has 0 radical (unpaired) electrons. The van der Waals surface area contributed by atoms with Crippen LogP contribution in [-0.2, 0) is 14.1 Å². The summed E-state index contributed by atoms with van der Waals surface area (Å²) in [5.41, 5.74) is 0.648. The normalized spacial score (nSPS) is 20.8. The fourth-order valence-electron chi connectivity index (χ4n) is 1.71. The SMILES string of the molecule is CC1(C)OB(c2cncc(NC=O)c2)OC1(C)C. The molecule has 0 atom stereocenters. The van der Waals surface area contributed by atoms with Crippen LogP contribution in [0.1, 0.15) is 27.7 Å². The van der Waals surface area contributed by atoms with E-state index in [9.17, 15) is 4.79 Å². The van der Waals surface area contributed by atoms with E-state index in [1.165, 1.54) is 0 Å². The molecule has 1 fully saturated rings. The van der Waals surface area contributed by atoms with Gasteiger partial charge in [0.05, 0.1) is 23.1 Å². The number of hydrogen-bond donors (Lipinski definition) is 1. The first-order valence-corrected chi connectivity index (χ1v) is 5.86. The number of carbonyl (C=O) groups excluding carboxylic acids is 1. The summed E-state index contributed by atoms with van der Waals surface area (Å²) in [6, 6.07) is 1.80. The molecule has 0 spiro atoms. The van der Waals surface area contributed by atoms with E-state index < -0.39 is 7.12 Å². The summed E-state index contributed by atoms with van der Waals surface area (Å²) in [6.07, 6.45) is 3.87. The van der Waals surface area contributed by atoms with Crippen LogP contribution in [0.15, 0.2) is 18.5 Å². The summed E-state index contributed by atoms with van der Waals surface area (Å²) in [4.78, 5) is 14.5. The van der Waals surface area contributed by atoms with Crippen LogP contribution >= 0.6 is 0 Å². The Balaban J connectivity index is 2.24. The third kappa shape index (κ3) is 2.26. The molecule has 1 aliphatic rings. The van der Waals surface area contributed by atoms with Crippen molar-refractivity contribution in [3.8, 4) is 0 Å². The highest BCUT2D eigenvalue weighted by Gasteiger charge is 2.51. The molecule has 0 aliphatic carbocycles. The predicted molar refractivity (Wildman–Crippen MR) is 69.6 cm³/mol. The molecule has 0 unspecified atom stereocenters. The Morgan fingerprint density at radius 2 is 1.83 bits per heavy atom. The predicted octanol–water partition coefficient (Wildman–Crippen LogP) is 0.949. The summed E-state index contributed by atoms with van der Waals surface area (Å²) >= 11 is 0. The smallest absolute Gasteiger partial charge is 0.399 e. The first-order valence-electron chi connectivity index (χ1n) is 5.86. The molecule has 2 heterocycles. The number of pyridine rings is 1. The van der Waals surface area contributed by atoms with Crippen LogP contribution < -0.4 is 10.8 Å². The Morgan fingerprint density at radius 3 is 2.39 bits per heavy atom. The Morgan fingerprint density at radius 1 is 1.22 bits per heavy atom. The monoisotopic (exact) mass is 248 g/mol. The Kier molecular flexibility index (Phi) is 3.17. The molecular weight excluding hydrogens is 231 g/mol.